The molecule has 0 saturated carbocycles. The Morgan fingerprint density at radius 3 is 2.83 bits per heavy atom. The Labute approximate surface area is 169 Å². The van der Waals surface area contributed by atoms with Crippen LogP contribution in [-0.4, -0.2) is 53.5 Å². The molecule has 3 N–H and O–H groups in total. The topological polar surface area (TPSA) is 136 Å². The van der Waals surface area contributed by atoms with Gasteiger partial charge in [-0.3, -0.25) is 14.9 Å². The molecule has 2 heterocycles. The highest BCUT2D eigenvalue weighted by Crippen LogP contribution is 2.32. The maximum atomic E-state index is 12.4. The first-order chi connectivity index (χ1) is 14.0. The Kier molecular flexibility index (Phi) is 8.81. The minimum absolute atomic E-state index is 0.0773. The number of aromatic nitrogens is 1. The van der Waals surface area contributed by atoms with Crippen LogP contribution >= 0.6 is 0 Å². The van der Waals surface area contributed by atoms with E-state index in [-0.39, 0.29) is 35.8 Å². The third-order valence-electron chi connectivity index (χ3n) is 4.61. The molecule has 0 spiro atoms. The van der Waals surface area contributed by atoms with Gasteiger partial charge < -0.3 is 25.2 Å². The fourth-order valence-electron chi connectivity index (χ4n) is 3.09. The lowest BCUT2D eigenvalue weighted by atomic mass is 9.87. The number of hydrogen-bond donors (Lipinski definition) is 3. The normalized spacial score (nSPS) is 21.1. The first-order valence-corrected chi connectivity index (χ1v) is 9.69. The Morgan fingerprint density at radius 1 is 1.41 bits per heavy atom. The minimum Gasteiger partial charge on any atom is -0.459 e. The van der Waals surface area contributed by atoms with Crippen LogP contribution in [-0.2, 0) is 14.3 Å². The van der Waals surface area contributed by atoms with Gasteiger partial charge in [-0.05, 0) is 37.8 Å². The summed E-state index contributed by atoms with van der Waals surface area (Å²) in [7, 11) is 0. The Hall–Kier alpha value is -2.72. The number of nitrogens with zero attached hydrogens (tertiary/aromatic N) is 2. The predicted molar refractivity (Wildman–Crippen MR) is 106 cm³/mol. The van der Waals surface area contributed by atoms with E-state index >= 15 is 0 Å². The summed E-state index contributed by atoms with van der Waals surface area (Å²) in [5.74, 6) is 0.531. The second-order valence-corrected chi connectivity index (χ2v) is 6.70. The van der Waals surface area contributed by atoms with Crippen molar-refractivity contribution in [1.82, 2.24) is 10.3 Å². The molecule has 160 valence electrons. The lowest BCUT2D eigenvalue weighted by Gasteiger charge is -2.35. The number of hydrogen-bond acceptors (Lipinski definition) is 8. The third-order valence-corrected chi connectivity index (χ3v) is 4.61. The molecule has 0 aliphatic carbocycles. The molecule has 0 bridgehead atoms. The third kappa shape index (κ3) is 6.68. The average Bonchev–Trinajstić information content (AvgIpc) is 2.71. The van der Waals surface area contributed by atoms with Crippen molar-refractivity contribution < 1.29 is 24.3 Å². The van der Waals surface area contributed by atoms with E-state index in [1.165, 1.54) is 18.3 Å². The van der Waals surface area contributed by atoms with Crippen molar-refractivity contribution in [3.8, 4) is 0 Å². The molecule has 10 heteroatoms. The van der Waals surface area contributed by atoms with Crippen LogP contribution in [0.5, 0.6) is 0 Å². The van der Waals surface area contributed by atoms with Crippen LogP contribution in [0.1, 0.15) is 26.7 Å². The number of carbonyl (C=O) groups is 1. The molecule has 2 rings (SSSR count). The molecule has 1 aromatic rings. The summed E-state index contributed by atoms with van der Waals surface area (Å²) in [6, 6.07) is 2.87. The number of amides is 1. The van der Waals surface area contributed by atoms with Crippen molar-refractivity contribution in [3.05, 3.63) is 40.3 Å². The van der Waals surface area contributed by atoms with E-state index in [1.54, 1.807) is 6.08 Å². The van der Waals surface area contributed by atoms with E-state index in [9.17, 15) is 14.9 Å². The monoisotopic (exact) mass is 408 g/mol. The lowest BCUT2D eigenvalue weighted by Crippen LogP contribution is -2.39. The number of nitrogens with one attached hydrogen (secondary N) is 2. The van der Waals surface area contributed by atoms with Gasteiger partial charge in [0.2, 0.25) is 6.29 Å². The Bertz CT molecular complexity index is 709. The first kappa shape index (κ1) is 22.6. The number of ether oxygens (including phenoxy) is 2. The summed E-state index contributed by atoms with van der Waals surface area (Å²) in [5.41, 5.74) is -0.0829. The molecule has 0 saturated heterocycles. The van der Waals surface area contributed by atoms with E-state index < -0.39 is 11.2 Å². The van der Waals surface area contributed by atoms with Crippen molar-refractivity contribution in [2.45, 2.75) is 33.0 Å². The molecule has 0 aromatic carbocycles. The second kappa shape index (κ2) is 11.3. The molecule has 1 aromatic heterocycles. The number of aliphatic hydroxyl groups excluding tert-OH is 1. The summed E-state index contributed by atoms with van der Waals surface area (Å²) >= 11 is 0. The average molecular weight is 408 g/mol. The van der Waals surface area contributed by atoms with Crippen molar-refractivity contribution >= 4 is 17.4 Å². The molecule has 29 heavy (non-hydrogen) atoms. The fraction of sp³-hybridized carbons (Fsp3) is 0.579. The highest BCUT2D eigenvalue weighted by atomic mass is 16.7. The van der Waals surface area contributed by atoms with E-state index in [0.29, 0.717) is 31.9 Å². The fourth-order valence-corrected chi connectivity index (χ4v) is 3.09. The maximum absolute atomic E-state index is 12.4. The van der Waals surface area contributed by atoms with Crippen LogP contribution in [0.4, 0.5) is 11.5 Å². The number of anilines is 1. The molecule has 3 atom stereocenters. The van der Waals surface area contributed by atoms with Crippen molar-refractivity contribution in [2.75, 3.05) is 31.6 Å². The van der Waals surface area contributed by atoms with Gasteiger partial charge in [-0.2, -0.15) is 0 Å². The standard InChI is InChI=1S/C19H28N4O6/c1-3-28-19-15(5-4-10-24)13(2)11-16(29-19)18(25)21-9-8-20-17-7-6-14(12-22-17)23(26)27/h6-7,11-13,15,19,24H,3-5,8-10H2,1-2H3,(H,20,22)(H,21,25)/t13-,15+,19+/m1/s1. The van der Waals surface area contributed by atoms with Gasteiger partial charge in [0.15, 0.2) is 5.76 Å². The number of aliphatic hydroxyl groups is 1. The van der Waals surface area contributed by atoms with E-state index in [4.69, 9.17) is 14.6 Å². The molecule has 0 radical (unpaired) electrons. The lowest BCUT2D eigenvalue weighted by molar-refractivity contribution is -0.385. The second-order valence-electron chi connectivity index (χ2n) is 6.70. The van der Waals surface area contributed by atoms with Gasteiger partial charge in [0, 0.05) is 38.3 Å². The minimum atomic E-state index is -0.519. The zero-order valence-corrected chi connectivity index (χ0v) is 16.7. The predicted octanol–water partition coefficient (Wildman–Crippen LogP) is 1.82. The molecule has 1 aliphatic heterocycles. The van der Waals surface area contributed by atoms with Gasteiger partial charge in [0.25, 0.3) is 11.6 Å². The Morgan fingerprint density at radius 2 is 2.21 bits per heavy atom. The van der Waals surface area contributed by atoms with Crippen molar-refractivity contribution in [3.63, 3.8) is 0 Å². The number of pyridine rings is 1. The van der Waals surface area contributed by atoms with Crippen LogP contribution in [0.2, 0.25) is 0 Å². The summed E-state index contributed by atoms with van der Waals surface area (Å²) in [6.07, 6.45) is 3.84. The highest BCUT2D eigenvalue weighted by Gasteiger charge is 2.34. The summed E-state index contributed by atoms with van der Waals surface area (Å²) in [5, 5.41) is 25.4. The first-order valence-electron chi connectivity index (χ1n) is 9.69. The van der Waals surface area contributed by atoms with Gasteiger partial charge in [-0.1, -0.05) is 6.92 Å². The zero-order chi connectivity index (χ0) is 21.2. The number of allylic oxidation sites excluding steroid dienone is 1. The summed E-state index contributed by atoms with van der Waals surface area (Å²) < 4.78 is 11.4. The van der Waals surface area contributed by atoms with Crippen LogP contribution in [0.3, 0.4) is 0 Å². The van der Waals surface area contributed by atoms with Gasteiger partial charge in [-0.15, -0.1) is 0 Å². The number of nitro groups is 1. The molecule has 1 amide bonds. The smallest absolute Gasteiger partial charge is 0.287 e. The van der Waals surface area contributed by atoms with Gasteiger partial charge in [0.1, 0.15) is 12.0 Å². The van der Waals surface area contributed by atoms with Gasteiger partial charge >= 0.3 is 0 Å². The molecular formula is C19H28N4O6. The van der Waals surface area contributed by atoms with E-state index in [2.05, 4.69) is 15.6 Å². The Balaban J connectivity index is 1.83. The van der Waals surface area contributed by atoms with Gasteiger partial charge in [-0.25, -0.2) is 4.98 Å². The largest absolute Gasteiger partial charge is 0.459 e. The van der Waals surface area contributed by atoms with E-state index in [1.807, 2.05) is 13.8 Å². The van der Waals surface area contributed by atoms with Crippen LogP contribution in [0.25, 0.3) is 0 Å². The quantitative estimate of drug-likeness (QED) is 0.287. The molecule has 10 nitrogen and oxygen atoms in total. The van der Waals surface area contributed by atoms with Crippen molar-refractivity contribution in [1.29, 1.82) is 0 Å². The maximum Gasteiger partial charge on any atom is 0.287 e. The summed E-state index contributed by atoms with van der Waals surface area (Å²) in [4.78, 5) is 26.5. The van der Waals surface area contributed by atoms with Crippen molar-refractivity contribution in [2.24, 2.45) is 11.8 Å². The highest BCUT2D eigenvalue weighted by molar-refractivity contribution is 5.91. The molecule has 1 aliphatic rings. The van der Waals surface area contributed by atoms with Crippen LogP contribution in [0.15, 0.2) is 30.2 Å². The van der Waals surface area contributed by atoms with Crippen LogP contribution in [0, 0.1) is 22.0 Å². The molecule has 0 fully saturated rings. The molecular weight excluding hydrogens is 380 g/mol. The van der Waals surface area contributed by atoms with E-state index in [0.717, 1.165) is 6.42 Å². The van der Waals surface area contributed by atoms with Gasteiger partial charge in [0.05, 0.1) is 4.92 Å². The SMILES string of the molecule is CCO[C@H]1OC(C(=O)NCCNc2ccc([N+](=O)[O-])cn2)=C[C@@H](C)[C@@H]1CCCO. The zero-order valence-electron chi connectivity index (χ0n) is 16.7. The molecule has 0 unspecified atom stereocenters. The number of rotatable bonds is 11. The summed E-state index contributed by atoms with van der Waals surface area (Å²) in [6.45, 7) is 5.16. The van der Waals surface area contributed by atoms with Crippen LogP contribution < -0.4 is 10.6 Å². The number of carbonyl (C=O) groups excluding carboxylic acids is 1.